The van der Waals surface area contributed by atoms with E-state index >= 15 is 0 Å². The lowest BCUT2D eigenvalue weighted by Crippen LogP contribution is -2.38. The van der Waals surface area contributed by atoms with Gasteiger partial charge in [0.05, 0.1) is 4.90 Å². The number of hydrogen-bond donors (Lipinski definition) is 1. The molecule has 0 atom stereocenters. The molecule has 0 saturated carbocycles. The average molecular weight is 310 g/mol. The number of nitrogens with two attached hydrogens (primary N) is 1. The molecular weight excluding hydrogens is 297 g/mol. The summed E-state index contributed by atoms with van der Waals surface area (Å²) in [6, 6.07) is 4.40. The van der Waals surface area contributed by atoms with Gasteiger partial charge in [-0.2, -0.15) is 13.2 Å². The Bertz CT molecular complexity index is 582. The third-order valence-electron chi connectivity index (χ3n) is 2.47. The van der Waals surface area contributed by atoms with Gasteiger partial charge in [-0.15, -0.1) is 0 Å². The van der Waals surface area contributed by atoms with Crippen molar-refractivity contribution in [1.82, 2.24) is 4.90 Å². The van der Waals surface area contributed by atoms with Crippen molar-refractivity contribution in [2.75, 3.05) is 13.1 Å². The van der Waals surface area contributed by atoms with E-state index in [0.717, 1.165) is 24.3 Å². The summed E-state index contributed by atoms with van der Waals surface area (Å²) in [5.41, 5.74) is -0.0384. The Morgan fingerprint density at radius 1 is 1.25 bits per heavy atom. The van der Waals surface area contributed by atoms with Gasteiger partial charge in [0.15, 0.2) is 0 Å². The molecule has 20 heavy (non-hydrogen) atoms. The second-order valence-corrected chi connectivity index (χ2v) is 5.57. The third kappa shape index (κ3) is 4.49. The van der Waals surface area contributed by atoms with Crippen LogP contribution in [0.3, 0.4) is 0 Å². The number of amides is 1. The summed E-state index contributed by atoms with van der Waals surface area (Å²) >= 11 is 0. The molecule has 9 heteroatoms. The van der Waals surface area contributed by atoms with E-state index in [2.05, 4.69) is 0 Å². The Kier molecular flexibility index (Phi) is 4.77. The van der Waals surface area contributed by atoms with Crippen LogP contribution in [-0.4, -0.2) is 38.5 Å². The standard InChI is InChI=1S/C11H13F3N2O3S/c1-2-16(7-11(12,13)14)10(17)8-3-5-9(6-4-8)20(15,18)19/h3-6H,2,7H2,1H3,(H2,15,18,19). The van der Waals surface area contributed by atoms with Crippen molar-refractivity contribution in [3.63, 3.8) is 0 Å². The number of primary sulfonamides is 1. The van der Waals surface area contributed by atoms with Gasteiger partial charge >= 0.3 is 6.18 Å². The highest BCUT2D eigenvalue weighted by Crippen LogP contribution is 2.18. The summed E-state index contributed by atoms with van der Waals surface area (Å²) in [5, 5.41) is 4.88. The van der Waals surface area contributed by atoms with E-state index in [1.165, 1.54) is 6.92 Å². The monoisotopic (exact) mass is 310 g/mol. The van der Waals surface area contributed by atoms with E-state index in [-0.39, 0.29) is 17.0 Å². The molecule has 2 N–H and O–H groups in total. The summed E-state index contributed by atoms with van der Waals surface area (Å²) in [7, 11) is -3.90. The van der Waals surface area contributed by atoms with E-state index < -0.39 is 28.7 Å². The maximum Gasteiger partial charge on any atom is 0.406 e. The van der Waals surface area contributed by atoms with Crippen LogP contribution in [-0.2, 0) is 10.0 Å². The third-order valence-corrected chi connectivity index (χ3v) is 3.40. The lowest BCUT2D eigenvalue weighted by atomic mass is 10.2. The highest BCUT2D eigenvalue weighted by atomic mass is 32.2. The van der Waals surface area contributed by atoms with Crippen LogP contribution in [0.4, 0.5) is 13.2 Å². The topological polar surface area (TPSA) is 80.5 Å². The van der Waals surface area contributed by atoms with E-state index in [4.69, 9.17) is 5.14 Å². The number of halogens is 3. The van der Waals surface area contributed by atoms with Crippen molar-refractivity contribution in [1.29, 1.82) is 0 Å². The fraction of sp³-hybridized carbons (Fsp3) is 0.364. The highest BCUT2D eigenvalue weighted by molar-refractivity contribution is 7.89. The number of alkyl halides is 3. The second kappa shape index (κ2) is 5.80. The fourth-order valence-corrected chi connectivity index (χ4v) is 2.03. The van der Waals surface area contributed by atoms with Gasteiger partial charge in [0.25, 0.3) is 5.91 Å². The van der Waals surface area contributed by atoms with Crippen LogP contribution in [0.1, 0.15) is 17.3 Å². The Morgan fingerprint density at radius 2 is 1.75 bits per heavy atom. The van der Waals surface area contributed by atoms with E-state index in [0.29, 0.717) is 4.90 Å². The molecule has 0 aliphatic rings. The van der Waals surface area contributed by atoms with E-state index in [9.17, 15) is 26.4 Å². The molecular formula is C11H13F3N2O3S. The van der Waals surface area contributed by atoms with Crippen molar-refractivity contribution in [2.24, 2.45) is 5.14 Å². The van der Waals surface area contributed by atoms with Gasteiger partial charge in [0.2, 0.25) is 10.0 Å². The molecule has 0 radical (unpaired) electrons. The molecule has 0 fully saturated rings. The van der Waals surface area contributed by atoms with Gasteiger partial charge in [-0.3, -0.25) is 4.79 Å². The van der Waals surface area contributed by atoms with Crippen LogP contribution in [0.2, 0.25) is 0 Å². The fourth-order valence-electron chi connectivity index (χ4n) is 1.51. The first-order valence-electron chi connectivity index (χ1n) is 5.53. The van der Waals surface area contributed by atoms with Crippen LogP contribution in [0, 0.1) is 0 Å². The molecule has 1 aromatic carbocycles. The van der Waals surface area contributed by atoms with Crippen molar-refractivity contribution < 1.29 is 26.4 Å². The number of carbonyl (C=O) groups is 1. The average Bonchev–Trinajstić information content (AvgIpc) is 2.33. The van der Waals surface area contributed by atoms with Crippen molar-refractivity contribution >= 4 is 15.9 Å². The molecule has 0 saturated heterocycles. The van der Waals surface area contributed by atoms with Gasteiger partial charge in [0.1, 0.15) is 6.54 Å². The summed E-state index contributed by atoms with van der Waals surface area (Å²) in [6.07, 6.45) is -4.49. The minimum atomic E-state index is -4.49. The normalized spacial score (nSPS) is 12.2. The van der Waals surface area contributed by atoms with Crippen molar-refractivity contribution in [2.45, 2.75) is 18.0 Å². The molecule has 1 rings (SSSR count). The minimum absolute atomic E-state index is 0.0384. The molecule has 0 unspecified atom stereocenters. The predicted octanol–water partition coefficient (Wildman–Crippen LogP) is 1.36. The summed E-state index contributed by atoms with van der Waals surface area (Å²) < 4.78 is 58.9. The zero-order chi connectivity index (χ0) is 15.6. The first-order chi connectivity index (χ1) is 9.04. The van der Waals surface area contributed by atoms with Gasteiger partial charge in [-0.1, -0.05) is 0 Å². The number of nitrogens with zero attached hydrogens (tertiary/aromatic N) is 1. The molecule has 0 bridgehead atoms. The maximum atomic E-state index is 12.3. The smallest absolute Gasteiger partial charge is 0.330 e. The Labute approximate surface area is 114 Å². The molecule has 1 amide bonds. The van der Waals surface area contributed by atoms with E-state index in [1.807, 2.05) is 0 Å². The maximum absolute atomic E-state index is 12.3. The van der Waals surface area contributed by atoms with Gasteiger partial charge in [-0.25, -0.2) is 13.6 Å². The molecule has 0 aliphatic carbocycles. The SMILES string of the molecule is CCN(CC(F)(F)F)C(=O)c1ccc(S(N)(=O)=O)cc1. The summed E-state index contributed by atoms with van der Waals surface area (Å²) in [5.74, 6) is -0.828. The quantitative estimate of drug-likeness (QED) is 0.911. The number of rotatable bonds is 4. The molecule has 0 aromatic heterocycles. The van der Waals surface area contributed by atoms with Crippen molar-refractivity contribution in [3.8, 4) is 0 Å². The lowest BCUT2D eigenvalue weighted by molar-refractivity contribution is -0.140. The number of carbonyl (C=O) groups excluding carboxylic acids is 1. The molecule has 0 aliphatic heterocycles. The Balaban J connectivity index is 2.97. The van der Waals surface area contributed by atoms with Crippen LogP contribution < -0.4 is 5.14 Å². The van der Waals surface area contributed by atoms with Gasteiger partial charge < -0.3 is 4.90 Å². The molecule has 5 nitrogen and oxygen atoms in total. The first-order valence-corrected chi connectivity index (χ1v) is 7.08. The van der Waals surface area contributed by atoms with Gasteiger partial charge in [-0.05, 0) is 31.2 Å². The number of hydrogen-bond acceptors (Lipinski definition) is 3. The molecule has 112 valence electrons. The molecule has 1 aromatic rings. The minimum Gasteiger partial charge on any atom is -0.330 e. The van der Waals surface area contributed by atoms with Crippen LogP contribution in [0.15, 0.2) is 29.2 Å². The van der Waals surface area contributed by atoms with Crippen molar-refractivity contribution in [3.05, 3.63) is 29.8 Å². The van der Waals surface area contributed by atoms with Crippen LogP contribution in [0.25, 0.3) is 0 Å². The first kappa shape index (κ1) is 16.4. The number of benzene rings is 1. The van der Waals surface area contributed by atoms with Crippen LogP contribution in [0.5, 0.6) is 0 Å². The molecule has 0 heterocycles. The second-order valence-electron chi connectivity index (χ2n) is 4.00. The van der Waals surface area contributed by atoms with E-state index in [1.54, 1.807) is 0 Å². The van der Waals surface area contributed by atoms with Gasteiger partial charge in [0, 0.05) is 12.1 Å². The largest absolute Gasteiger partial charge is 0.406 e. The Morgan fingerprint density at radius 3 is 2.10 bits per heavy atom. The predicted molar refractivity (Wildman–Crippen MR) is 65.4 cm³/mol. The van der Waals surface area contributed by atoms with Crippen LogP contribution >= 0.6 is 0 Å². The summed E-state index contributed by atoms with van der Waals surface area (Å²) in [6.45, 7) is -0.0586. The lowest BCUT2D eigenvalue weighted by Gasteiger charge is -2.22. The highest BCUT2D eigenvalue weighted by Gasteiger charge is 2.32. The Hall–Kier alpha value is -1.61. The summed E-state index contributed by atoms with van der Waals surface area (Å²) in [4.78, 5) is 12.3. The molecule has 0 spiro atoms. The zero-order valence-corrected chi connectivity index (χ0v) is 11.3. The number of sulfonamides is 1. The zero-order valence-electron chi connectivity index (χ0n) is 10.5.